The average molecular weight is 278 g/mol. The van der Waals surface area contributed by atoms with Gasteiger partial charge in [0.25, 0.3) is 0 Å². The van der Waals surface area contributed by atoms with E-state index in [-0.39, 0.29) is 0 Å². The van der Waals surface area contributed by atoms with Gasteiger partial charge in [0.2, 0.25) is 5.95 Å². The summed E-state index contributed by atoms with van der Waals surface area (Å²) in [6.07, 6.45) is 0.949. The lowest BCUT2D eigenvalue weighted by atomic mass is 10.1. The van der Waals surface area contributed by atoms with Crippen molar-refractivity contribution < 1.29 is 0 Å². The number of aromatic nitrogens is 2. The first-order valence-corrected chi connectivity index (χ1v) is 7.04. The first kappa shape index (κ1) is 13.4. The standard InChI is InChI=1S/C17H18N4/c1-12-6-2-3-7-13(12)10-11-19-16-14-8-4-5-9-15(14)20-17(18)21-16/h2-9H,10-11H2,1H3,(H3,18,19,20,21). The zero-order valence-corrected chi connectivity index (χ0v) is 12.0. The number of rotatable bonds is 4. The van der Waals surface area contributed by atoms with Crippen LogP contribution in [0.15, 0.2) is 48.5 Å². The van der Waals surface area contributed by atoms with Crippen LogP contribution in [0.2, 0.25) is 0 Å². The fraction of sp³-hybridized carbons (Fsp3) is 0.176. The highest BCUT2D eigenvalue weighted by Gasteiger charge is 2.05. The van der Waals surface area contributed by atoms with Crippen LogP contribution in [0.5, 0.6) is 0 Å². The van der Waals surface area contributed by atoms with Gasteiger partial charge in [-0.15, -0.1) is 0 Å². The van der Waals surface area contributed by atoms with Gasteiger partial charge >= 0.3 is 0 Å². The van der Waals surface area contributed by atoms with Gasteiger partial charge in [-0.25, -0.2) is 4.98 Å². The van der Waals surface area contributed by atoms with Gasteiger partial charge in [0.1, 0.15) is 5.82 Å². The second-order valence-corrected chi connectivity index (χ2v) is 5.05. The SMILES string of the molecule is Cc1ccccc1CCNc1nc(N)nc2ccccc12. The second-order valence-electron chi connectivity index (χ2n) is 5.05. The Morgan fingerprint density at radius 2 is 1.76 bits per heavy atom. The van der Waals surface area contributed by atoms with Crippen molar-refractivity contribution in [3.05, 3.63) is 59.7 Å². The molecule has 0 aliphatic rings. The predicted molar refractivity (Wildman–Crippen MR) is 87.3 cm³/mol. The van der Waals surface area contributed by atoms with Crippen LogP contribution < -0.4 is 11.1 Å². The Hall–Kier alpha value is -2.62. The number of nitrogens with two attached hydrogens (primary N) is 1. The third kappa shape index (κ3) is 2.94. The summed E-state index contributed by atoms with van der Waals surface area (Å²) in [5.41, 5.74) is 9.29. The van der Waals surface area contributed by atoms with Crippen molar-refractivity contribution in [2.24, 2.45) is 0 Å². The molecule has 0 aliphatic heterocycles. The summed E-state index contributed by atoms with van der Waals surface area (Å²) in [5.74, 6) is 1.10. The number of anilines is 2. The first-order chi connectivity index (χ1) is 10.2. The third-order valence-corrected chi connectivity index (χ3v) is 3.57. The van der Waals surface area contributed by atoms with Crippen LogP contribution in [0.4, 0.5) is 11.8 Å². The Bertz CT molecular complexity index is 768. The van der Waals surface area contributed by atoms with Gasteiger partial charge in [-0.1, -0.05) is 36.4 Å². The molecule has 0 atom stereocenters. The molecular formula is C17H18N4. The summed E-state index contributed by atoms with van der Waals surface area (Å²) in [7, 11) is 0. The number of benzene rings is 2. The van der Waals surface area contributed by atoms with Crippen LogP contribution in [-0.2, 0) is 6.42 Å². The van der Waals surface area contributed by atoms with Gasteiger partial charge in [0.05, 0.1) is 5.52 Å². The van der Waals surface area contributed by atoms with Crippen LogP contribution in [0, 0.1) is 6.92 Å². The Balaban J connectivity index is 1.78. The summed E-state index contributed by atoms with van der Waals surface area (Å²) < 4.78 is 0. The molecule has 2 aromatic carbocycles. The molecule has 0 spiro atoms. The number of hydrogen-bond donors (Lipinski definition) is 2. The molecule has 21 heavy (non-hydrogen) atoms. The van der Waals surface area contributed by atoms with Crippen molar-refractivity contribution in [2.75, 3.05) is 17.6 Å². The lowest BCUT2D eigenvalue weighted by molar-refractivity contribution is 0.995. The summed E-state index contributed by atoms with van der Waals surface area (Å²) in [6.45, 7) is 2.94. The van der Waals surface area contributed by atoms with Crippen molar-refractivity contribution in [3.8, 4) is 0 Å². The van der Waals surface area contributed by atoms with Gasteiger partial charge < -0.3 is 11.1 Å². The molecule has 3 aromatic rings. The normalized spacial score (nSPS) is 10.7. The van der Waals surface area contributed by atoms with Gasteiger partial charge in [-0.2, -0.15) is 4.98 Å². The van der Waals surface area contributed by atoms with E-state index in [0.717, 1.165) is 29.7 Å². The molecule has 3 N–H and O–H groups in total. The third-order valence-electron chi connectivity index (χ3n) is 3.57. The van der Waals surface area contributed by atoms with Crippen molar-refractivity contribution in [3.63, 3.8) is 0 Å². The monoisotopic (exact) mass is 278 g/mol. The molecule has 0 radical (unpaired) electrons. The van der Waals surface area contributed by atoms with Crippen LogP contribution in [0.3, 0.4) is 0 Å². The van der Waals surface area contributed by atoms with Crippen LogP contribution >= 0.6 is 0 Å². The van der Waals surface area contributed by atoms with Gasteiger partial charge in [-0.3, -0.25) is 0 Å². The van der Waals surface area contributed by atoms with E-state index in [0.29, 0.717) is 5.95 Å². The highest BCUT2D eigenvalue weighted by Crippen LogP contribution is 2.20. The Morgan fingerprint density at radius 1 is 1.00 bits per heavy atom. The molecule has 0 fully saturated rings. The molecule has 4 heteroatoms. The van der Waals surface area contributed by atoms with Gasteiger partial charge in [0, 0.05) is 11.9 Å². The van der Waals surface area contributed by atoms with E-state index < -0.39 is 0 Å². The fourth-order valence-electron chi connectivity index (χ4n) is 2.44. The maximum absolute atomic E-state index is 5.77. The summed E-state index contributed by atoms with van der Waals surface area (Å²) in [6, 6.07) is 16.3. The number of fused-ring (bicyclic) bond motifs is 1. The molecule has 1 aromatic heterocycles. The predicted octanol–water partition coefficient (Wildman–Crippen LogP) is 3.18. The van der Waals surface area contributed by atoms with Gasteiger partial charge in [0.15, 0.2) is 0 Å². The summed E-state index contributed by atoms with van der Waals surface area (Å²) >= 11 is 0. The van der Waals surface area contributed by atoms with Crippen molar-refractivity contribution in [1.29, 1.82) is 0 Å². The zero-order chi connectivity index (χ0) is 14.7. The van der Waals surface area contributed by atoms with E-state index in [1.54, 1.807) is 0 Å². The molecule has 0 saturated carbocycles. The lowest BCUT2D eigenvalue weighted by Gasteiger charge is -2.10. The molecule has 0 aliphatic carbocycles. The maximum Gasteiger partial charge on any atom is 0.222 e. The van der Waals surface area contributed by atoms with E-state index >= 15 is 0 Å². The molecule has 0 saturated heterocycles. The molecule has 1 heterocycles. The number of nitrogen functional groups attached to an aromatic ring is 1. The van der Waals surface area contributed by atoms with E-state index in [9.17, 15) is 0 Å². The highest BCUT2D eigenvalue weighted by atomic mass is 15.1. The van der Waals surface area contributed by atoms with Crippen LogP contribution in [0.25, 0.3) is 10.9 Å². The number of para-hydroxylation sites is 1. The van der Waals surface area contributed by atoms with Crippen LogP contribution in [-0.4, -0.2) is 16.5 Å². The van der Waals surface area contributed by atoms with E-state index in [2.05, 4.69) is 46.5 Å². The largest absolute Gasteiger partial charge is 0.369 e. The average Bonchev–Trinajstić information content (AvgIpc) is 2.49. The molecule has 0 bridgehead atoms. The van der Waals surface area contributed by atoms with Gasteiger partial charge in [-0.05, 0) is 36.6 Å². The minimum atomic E-state index is 0.298. The summed E-state index contributed by atoms with van der Waals surface area (Å²) in [4.78, 5) is 8.55. The van der Waals surface area contributed by atoms with E-state index in [1.165, 1.54) is 11.1 Å². The van der Waals surface area contributed by atoms with Crippen LogP contribution in [0.1, 0.15) is 11.1 Å². The minimum absolute atomic E-state index is 0.298. The zero-order valence-electron chi connectivity index (χ0n) is 12.0. The van der Waals surface area contributed by atoms with Crippen molar-refractivity contribution in [1.82, 2.24) is 9.97 Å². The number of hydrogen-bond acceptors (Lipinski definition) is 4. The quantitative estimate of drug-likeness (QED) is 0.769. The Kier molecular flexibility index (Phi) is 3.69. The molecular weight excluding hydrogens is 260 g/mol. The summed E-state index contributed by atoms with van der Waals surface area (Å²) in [5, 5.41) is 4.37. The molecule has 106 valence electrons. The van der Waals surface area contributed by atoms with E-state index in [4.69, 9.17) is 5.73 Å². The Labute approximate surface area is 124 Å². The molecule has 3 rings (SSSR count). The second kappa shape index (κ2) is 5.79. The Morgan fingerprint density at radius 3 is 2.62 bits per heavy atom. The molecule has 0 unspecified atom stereocenters. The smallest absolute Gasteiger partial charge is 0.222 e. The minimum Gasteiger partial charge on any atom is -0.369 e. The van der Waals surface area contributed by atoms with Crippen molar-refractivity contribution >= 4 is 22.7 Å². The van der Waals surface area contributed by atoms with Crippen molar-refractivity contribution in [2.45, 2.75) is 13.3 Å². The number of aryl methyl sites for hydroxylation is 1. The lowest BCUT2D eigenvalue weighted by Crippen LogP contribution is -2.09. The first-order valence-electron chi connectivity index (χ1n) is 7.04. The molecule has 4 nitrogen and oxygen atoms in total. The number of nitrogens with one attached hydrogen (secondary N) is 1. The molecule has 0 amide bonds. The fourth-order valence-corrected chi connectivity index (χ4v) is 2.44. The van der Waals surface area contributed by atoms with E-state index in [1.807, 2.05) is 24.3 Å². The topological polar surface area (TPSA) is 63.8 Å². The number of nitrogens with zero attached hydrogens (tertiary/aromatic N) is 2. The maximum atomic E-state index is 5.77. The highest BCUT2D eigenvalue weighted by molar-refractivity contribution is 5.89.